The Balaban J connectivity index is 1.76. The Bertz CT molecular complexity index is 773. The van der Waals surface area contributed by atoms with Crippen LogP contribution in [0.25, 0.3) is 0 Å². The number of amides is 1. The molecule has 0 radical (unpaired) electrons. The van der Waals surface area contributed by atoms with E-state index in [1.807, 2.05) is 16.9 Å². The minimum absolute atomic E-state index is 0.149. The summed E-state index contributed by atoms with van der Waals surface area (Å²) in [5.41, 5.74) is 0.702. The number of esters is 1. The van der Waals surface area contributed by atoms with Gasteiger partial charge in [-0.25, -0.2) is 9.78 Å². The third kappa shape index (κ3) is 3.62. The molecule has 2 aromatic rings. The summed E-state index contributed by atoms with van der Waals surface area (Å²) in [5.74, 6) is 0.0999. The van der Waals surface area contributed by atoms with E-state index in [1.165, 1.54) is 7.11 Å². The van der Waals surface area contributed by atoms with Crippen molar-refractivity contribution in [2.24, 2.45) is 0 Å². The first-order valence-corrected chi connectivity index (χ1v) is 8.20. The monoisotopic (exact) mass is 343 g/mol. The average Bonchev–Trinajstić information content (AvgIpc) is 3.17. The predicted molar refractivity (Wildman–Crippen MR) is 91.7 cm³/mol. The average molecular weight is 343 g/mol. The molecule has 0 aromatic carbocycles. The molecular formula is C17H21N5O3. The Labute approximate surface area is 145 Å². The molecule has 1 aliphatic rings. The SMILES string of the molecule is CNC(=O)c1ccn(C2CCCN(c3cccc(C(=O)OC)n3)C2)n1. The second-order valence-electron chi connectivity index (χ2n) is 5.87. The van der Waals surface area contributed by atoms with E-state index in [-0.39, 0.29) is 11.9 Å². The Morgan fingerprint density at radius 2 is 2.12 bits per heavy atom. The summed E-state index contributed by atoms with van der Waals surface area (Å²) in [6, 6.07) is 7.19. The number of ether oxygens (including phenoxy) is 1. The first-order chi connectivity index (χ1) is 12.1. The Morgan fingerprint density at radius 1 is 1.28 bits per heavy atom. The standard InChI is InChI=1S/C17H21N5O3/c1-18-16(23)13-8-10-22(20-13)12-5-4-9-21(11-12)15-7-3-6-14(19-15)17(24)25-2/h3,6-8,10,12H,4-5,9,11H2,1-2H3,(H,18,23). The summed E-state index contributed by atoms with van der Waals surface area (Å²) in [4.78, 5) is 29.9. The van der Waals surface area contributed by atoms with Crippen molar-refractivity contribution in [2.45, 2.75) is 18.9 Å². The fourth-order valence-corrected chi connectivity index (χ4v) is 2.99. The van der Waals surface area contributed by atoms with Crippen LogP contribution in [-0.4, -0.2) is 53.9 Å². The van der Waals surface area contributed by atoms with Crippen LogP contribution < -0.4 is 10.2 Å². The van der Waals surface area contributed by atoms with Crippen LogP contribution in [0.3, 0.4) is 0 Å². The highest BCUT2D eigenvalue weighted by Gasteiger charge is 2.24. The molecule has 0 saturated carbocycles. The van der Waals surface area contributed by atoms with Crippen molar-refractivity contribution in [2.75, 3.05) is 32.1 Å². The third-order valence-corrected chi connectivity index (χ3v) is 4.29. The number of rotatable bonds is 4. The number of hydrogen-bond acceptors (Lipinski definition) is 6. The summed E-state index contributed by atoms with van der Waals surface area (Å²) in [5, 5.41) is 6.95. The predicted octanol–water partition coefficient (Wildman–Crippen LogP) is 1.27. The topological polar surface area (TPSA) is 89.4 Å². The van der Waals surface area contributed by atoms with E-state index in [0.29, 0.717) is 17.9 Å². The van der Waals surface area contributed by atoms with Gasteiger partial charge >= 0.3 is 5.97 Å². The van der Waals surface area contributed by atoms with Crippen LogP contribution in [0.1, 0.15) is 39.9 Å². The van der Waals surface area contributed by atoms with Gasteiger partial charge in [-0.3, -0.25) is 9.48 Å². The molecule has 1 saturated heterocycles. The number of carbonyl (C=O) groups excluding carboxylic acids is 2. The van der Waals surface area contributed by atoms with Crippen molar-refractivity contribution >= 4 is 17.7 Å². The summed E-state index contributed by atoms with van der Waals surface area (Å²) >= 11 is 0. The van der Waals surface area contributed by atoms with Crippen LogP contribution in [0.2, 0.25) is 0 Å². The van der Waals surface area contributed by atoms with Gasteiger partial charge in [-0.15, -0.1) is 0 Å². The van der Waals surface area contributed by atoms with Crippen molar-refractivity contribution in [3.05, 3.63) is 41.9 Å². The van der Waals surface area contributed by atoms with Crippen LogP contribution in [0.15, 0.2) is 30.5 Å². The number of anilines is 1. The fraction of sp³-hybridized carbons (Fsp3) is 0.412. The van der Waals surface area contributed by atoms with Gasteiger partial charge in [0.05, 0.1) is 13.2 Å². The van der Waals surface area contributed by atoms with Gasteiger partial charge in [0.15, 0.2) is 5.69 Å². The number of nitrogens with one attached hydrogen (secondary N) is 1. The van der Waals surface area contributed by atoms with E-state index in [9.17, 15) is 9.59 Å². The second kappa shape index (κ2) is 7.33. The van der Waals surface area contributed by atoms with Crippen molar-refractivity contribution in [3.63, 3.8) is 0 Å². The van der Waals surface area contributed by atoms with Gasteiger partial charge in [-0.2, -0.15) is 5.10 Å². The van der Waals surface area contributed by atoms with Gasteiger partial charge < -0.3 is 15.0 Å². The lowest BCUT2D eigenvalue weighted by atomic mass is 10.1. The lowest BCUT2D eigenvalue weighted by Crippen LogP contribution is -2.37. The van der Waals surface area contributed by atoms with Crippen molar-refractivity contribution < 1.29 is 14.3 Å². The Morgan fingerprint density at radius 3 is 2.88 bits per heavy atom. The maximum atomic E-state index is 11.7. The molecule has 3 heterocycles. The number of hydrogen-bond donors (Lipinski definition) is 1. The highest BCUT2D eigenvalue weighted by molar-refractivity contribution is 5.91. The van der Waals surface area contributed by atoms with Gasteiger partial charge in [-0.05, 0) is 31.0 Å². The maximum Gasteiger partial charge on any atom is 0.356 e. The molecule has 25 heavy (non-hydrogen) atoms. The first kappa shape index (κ1) is 16.9. The van der Waals surface area contributed by atoms with E-state index >= 15 is 0 Å². The lowest BCUT2D eigenvalue weighted by molar-refractivity contribution is 0.0594. The number of piperidine rings is 1. The zero-order valence-electron chi connectivity index (χ0n) is 14.3. The molecule has 0 aliphatic carbocycles. The summed E-state index contributed by atoms with van der Waals surface area (Å²) in [6.07, 6.45) is 3.78. The van der Waals surface area contributed by atoms with Crippen molar-refractivity contribution in [1.29, 1.82) is 0 Å². The van der Waals surface area contributed by atoms with Gasteiger partial charge in [0.25, 0.3) is 5.91 Å². The number of methoxy groups -OCH3 is 1. The Hall–Kier alpha value is -2.90. The molecule has 2 aromatic heterocycles. The first-order valence-electron chi connectivity index (χ1n) is 8.20. The zero-order chi connectivity index (χ0) is 17.8. The molecule has 0 spiro atoms. The largest absolute Gasteiger partial charge is 0.464 e. The molecule has 3 rings (SSSR count). The minimum atomic E-state index is -0.447. The van der Waals surface area contributed by atoms with Crippen LogP contribution in [0.5, 0.6) is 0 Å². The summed E-state index contributed by atoms with van der Waals surface area (Å²) < 4.78 is 6.57. The molecule has 1 aliphatic heterocycles. The van der Waals surface area contributed by atoms with Crippen LogP contribution in [-0.2, 0) is 4.74 Å². The van der Waals surface area contributed by atoms with E-state index in [1.54, 1.807) is 25.2 Å². The third-order valence-electron chi connectivity index (χ3n) is 4.29. The zero-order valence-corrected chi connectivity index (χ0v) is 14.3. The molecule has 1 fully saturated rings. The molecule has 1 amide bonds. The number of aromatic nitrogens is 3. The van der Waals surface area contributed by atoms with E-state index in [2.05, 4.69) is 20.3 Å². The van der Waals surface area contributed by atoms with Gasteiger partial charge in [0.2, 0.25) is 0 Å². The van der Waals surface area contributed by atoms with Crippen LogP contribution >= 0.6 is 0 Å². The molecule has 8 heteroatoms. The number of pyridine rings is 1. The van der Waals surface area contributed by atoms with E-state index in [4.69, 9.17) is 4.74 Å². The highest BCUT2D eigenvalue weighted by atomic mass is 16.5. The lowest BCUT2D eigenvalue weighted by Gasteiger charge is -2.33. The van der Waals surface area contributed by atoms with E-state index in [0.717, 1.165) is 25.2 Å². The quantitative estimate of drug-likeness (QED) is 0.841. The molecule has 8 nitrogen and oxygen atoms in total. The van der Waals surface area contributed by atoms with Gasteiger partial charge in [0, 0.05) is 26.3 Å². The van der Waals surface area contributed by atoms with E-state index < -0.39 is 5.97 Å². The maximum absolute atomic E-state index is 11.7. The highest BCUT2D eigenvalue weighted by Crippen LogP contribution is 2.25. The van der Waals surface area contributed by atoms with Gasteiger partial charge in [-0.1, -0.05) is 6.07 Å². The molecule has 132 valence electrons. The molecule has 1 atom stereocenters. The molecule has 1 N–H and O–H groups in total. The van der Waals surface area contributed by atoms with Crippen molar-refractivity contribution in [1.82, 2.24) is 20.1 Å². The molecule has 1 unspecified atom stereocenters. The molecule has 0 bridgehead atoms. The Kier molecular flexibility index (Phi) is 4.97. The fourth-order valence-electron chi connectivity index (χ4n) is 2.99. The summed E-state index contributed by atoms with van der Waals surface area (Å²) in [7, 11) is 2.93. The summed E-state index contributed by atoms with van der Waals surface area (Å²) in [6.45, 7) is 1.57. The number of carbonyl (C=O) groups is 2. The second-order valence-corrected chi connectivity index (χ2v) is 5.87. The van der Waals surface area contributed by atoms with Gasteiger partial charge in [0.1, 0.15) is 11.5 Å². The van der Waals surface area contributed by atoms with Crippen LogP contribution in [0, 0.1) is 0 Å². The minimum Gasteiger partial charge on any atom is -0.464 e. The smallest absolute Gasteiger partial charge is 0.356 e. The molecular weight excluding hydrogens is 322 g/mol. The van der Waals surface area contributed by atoms with Crippen LogP contribution in [0.4, 0.5) is 5.82 Å². The van der Waals surface area contributed by atoms with Crippen molar-refractivity contribution in [3.8, 4) is 0 Å². The normalized spacial score (nSPS) is 17.2. The number of nitrogens with zero attached hydrogens (tertiary/aromatic N) is 4.